The van der Waals surface area contributed by atoms with E-state index in [0.717, 1.165) is 16.3 Å². The van der Waals surface area contributed by atoms with Gasteiger partial charge in [0.1, 0.15) is 16.2 Å². The molecule has 4 aromatic rings. The minimum Gasteiger partial charge on any atom is -0.293 e. The SMILES string of the molecule is Cn1c(=O)c2c(SCC(=O)c3ccc(Cl)cc3)nc(-c3ccc(F)cc3)nc2n(C)c1=O. The smallest absolute Gasteiger partial charge is 0.293 e. The second-order valence-electron chi connectivity index (χ2n) is 6.98. The van der Waals surface area contributed by atoms with E-state index in [2.05, 4.69) is 9.97 Å². The van der Waals surface area contributed by atoms with Crippen LogP contribution >= 0.6 is 23.4 Å². The molecule has 4 rings (SSSR count). The maximum atomic E-state index is 13.4. The van der Waals surface area contributed by atoms with Crippen molar-refractivity contribution in [3.05, 3.63) is 85.8 Å². The zero-order valence-electron chi connectivity index (χ0n) is 17.0. The maximum absolute atomic E-state index is 13.4. The quantitative estimate of drug-likeness (QED) is 0.252. The van der Waals surface area contributed by atoms with Crippen LogP contribution in [0.2, 0.25) is 5.02 Å². The van der Waals surface area contributed by atoms with Crippen molar-refractivity contribution in [1.82, 2.24) is 19.1 Å². The molecule has 0 atom stereocenters. The first-order valence-corrected chi connectivity index (χ1v) is 10.8. The van der Waals surface area contributed by atoms with Gasteiger partial charge in [0.25, 0.3) is 5.56 Å². The van der Waals surface area contributed by atoms with Gasteiger partial charge in [-0.05, 0) is 48.5 Å². The van der Waals surface area contributed by atoms with Gasteiger partial charge in [-0.1, -0.05) is 23.4 Å². The summed E-state index contributed by atoms with van der Waals surface area (Å²) >= 11 is 6.95. The second kappa shape index (κ2) is 8.68. The Balaban J connectivity index is 1.84. The average Bonchev–Trinajstić information content (AvgIpc) is 2.80. The van der Waals surface area contributed by atoms with E-state index in [1.165, 1.54) is 42.9 Å². The van der Waals surface area contributed by atoms with Gasteiger partial charge < -0.3 is 0 Å². The predicted octanol–water partition coefficient (Wildman–Crippen LogP) is 3.46. The minimum absolute atomic E-state index is 0.00258. The molecule has 0 bridgehead atoms. The van der Waals surface area contributed by atoms with Crippen molar-refractivity contribution in [2.45, 2.75) is 5.03 Å². The fourth-order valence-electron chi connectivity index (χ4n) is 3.11. The molecule has 2 aromatic heterocycles. The van der Waals surface area contributed by atoms with Crippen molar-refractivity contribution >= 4 is 40.2 Å². The molecule has 0 amide bonds. The van der Waals surface area contributed by atoms with Crippen molar-refractivity contribution < 1.29 is 9.18 Å². The van der Waals surface area contributed by atoms with Crippen LogP contribution < -0.4 is 11.2 Å². The van der Waals surface area contributed by atoms with E-state index in [9.17, 15) is 18.8 Å². The summed E-state index contributed by atoms with van der Waals surface area (Å²) in [6, 6.07) is 12.0. The predicted molar refractivity (Wildman–Crippen MR) is 122 cm³/mol. The number of hydrogen-bond donors (Lipinski definition) is 0. The van der Waals surface area contributed by atoms with E-state index in [1.54, 1.807) is 24.3 Å². The number of ketones is 1. The van der Waals surface area contributed by atoms with Crippen LogP contribution in [0.4, 0.5) is 4.39 Å². The van der Waals surface area contributed by atoms with Crippen LogP contribution in [0.3, 0.4) is 0 Å². The monoisotopic (exact) mass is 470 g/mol. The molecule has 0 aliphatic heterocycles. The van der Waals surface area contributed by atoms with Crippen molar-refractivity contribution in [2.24, 2.45) is 14.1 Å². The van der Waals surface area contributed by atoms with E-state index < -0.39 is 17.1 Å². The molecule has 0 saturated carbocycles. The van der Waals surface area contributed by atoms with Gasteiger partial charge in [-0.15, -0.1) is 0 Å². The van der Waals surface area contributed by atoms with E-state index in [-0.39, 0.29) is 33.4 Å². The summed E-state index contributed by atoms with van der Waals surface area (Å²) in [5.74, 6) is -0.382. The number of aryl methyl sites for hydroxylation is 1. The molecule has 10 heteroatoms. The Morgan fingerprint density at radius 1 is 1.00 bits per heavy atom. The van der Waals surface area contributed by atoms with E-state index in [0.29, 0.717) is 16.1 Å². The van der Waals surface area contributed by atoms with Gasteiger partial charge >= 0.3 is 5.69 Å². The zero-order valence-corrected chi connectivity index (χ0v) is 18.6. The third-order valence-corrected chi connectivity index (χ3v) is 6.10. The minimum atomic E-state index is -0.560. The summed E-state index contributed by atoms with van der Waals surface area (Å²) in [7, 11) is 2.87. The lowest BCUT2D eigenvalue weighted by Gasteiger charge is -2.12. The zero-order chi connectivity index (χ0) is 23.0. The Morgan fingerprint density at radius 2 is 1.66 bits per heavy atom. The fourth-order valence-corrected chi connectivity index (χ4v) is 4.15. The molecule has 0 fully saturated rings. The van der Waals surface area contributed by atoms with Gasteiger partial charge in [0.15, 0.2) is 17.3 Å². The molecule has 162 valence electrons. The summed E-state index contributed by atoms with van der Waals surface area (Å²) in [6.45, 7) is 0. The fraction of sp³-hybridized carbons (Fsp3) is 0.136. The van der Waals surface area contributed by atoms with Crippen molar-refractivity contribution in [3.8, 4) is 11.4 Å². The summed E-state index contributed by atoms with van der Waals surface area (Å²) in [5.41, 5.74) is 0.00939. The summed E-state index contributed by atoms with van der Waals surface area (Å²) in [4.78, 5) is 46.8. The van der Waals surface area contributed by atoms with Crippen molar-refractivity contribution in [1.29, 1.82) is 0 Å². The number of benzene rings is 2. The van der Waals surface area contributed by atoms with Crippen molar-refractivity contribution in [2.75, 3.05) is 5.75 Å². The van der Waals surface area contributed by atoms with Gasteiger partial charge in [0, 0.05) is 30.2 Å². The molecule has 0 spiro atoms. The molecular weight excluding hydrogens is 455 g/mol. The van der Waals surface area contributed by atoms with Crippen LogP contribution in [0, 0.1) is 5.82 Å². The normalized spacial score (nSPS) is 11.1. The number of halogens is 2. The highest BCUT2D eigenvalue weighted by atomic mass is 35.5. The number of aromatic nitrogens is 4. The first-order valence-electron chi connectivity index (χ1n) is 9.41. The molecule has 7 nitrogen and oxygen atoms in total. The third kappa shape index (κ3) is 4.09. The van der Waals surface area contributed by atoms with Gasteiger partial charge in [-0.3, -0.25) is 18.7 Å². The first kappa shape index (κ1) is 21.9. The third-order valence-electron chi connectivity index (χ3n) is 4.88. The molecule has 32 heavy (non-hydrogen) atoms. The van der Waals surface area contributed by atoms with Gasteiger partial charge in [-0.2, -0.15) is 0 Å². The number of nitrogens with zero attached hydrogens (tertiary/aromatic N) is 4. The Morgan fingerprint density at radius 3 is 2.31 bits per heavy atom. The Labute approximate surface area is 190 Å². The molecule has 0 unspecified atom stereocenters. The lowest BCUT2D eigenvalue weighted by atomic mass is 10.1. The van der Waals surface area contributed by atoms with Crippen molar-refractivity contribution in [3.63, 3.8) is 0 Å². The Kier molecular flexibility index (Phi) is 5.94. The Hall–Kier alpha value is -3.30. The van der Waals surface area contributed by atoms with E-state index in [1.807, 2.05) is 0 Å². The first-order chi connectivity index (χ1) is 15.3. The highest BCUT2D eigenvalue weighted by Gasteiger charge is 2.19. The highest BCUT2D eigenvalue weighted by molar-refractivity contribution is 8.00. The van der Waals surface area contributed by atoms with Crippen LogP contribution in [0.15, 0.2) is 63.1 Å². The molecule has 0 aliphatic carbocycles. The molecule has 0 aliphatic rings. The summed E-state index contributed by atoms with van der Waals surface area (Å²) in [5, 5.41) is 0.909. The number of carbonyl (C=O) groups excluding carboxylic acids is 1. The number of rotatable bonds is 5. The summed E-state index contributed by atoms with van der Waals surface area (Å²) < 4.78 is 15.6. The number of Topliss-reactive ketones (excluding diaryl/α,β-unsaturated/α-hetero) is 1. The van der Waals surface area contributed by atoms with Crippen LogP contribution in [-0.4, -0.2) is 30.6 Å². The second-order valence-corrected chi connectivity index (χ2v) is 8.38. The lowest BCUT2D eigenvalue weighted by molar-refractivity contribution is 0.102. The molecule has 0 radical (unpaired) electrons. The van der Waals surface area contributed by atoms with E-state index in [4.69, 9.17) is 11.6 Å². The average molecular weight is 471 g/mol. The molecular formula is C22H16ClFN4O3S. The van der Waals surface area contributed by atoms with Gasteiger partial charge in [-0.25, -0.2) is 19.2 Å². The number of fused-ring (bicyclic) bond motifs is 1. The van der Waals surface area contributed by atoms with Crippen LogP contribution in [0.5, 0.6) is 0 Å². The largest absolute Gasteiger partial charge is 0.332 e. The summed E-state index contributed by atoms with van der Waals surface area (Å²) in [6.07, 6.45) is 0. The van der Waals surface area contributed by atoms with E-state index >= 15 is 0 Å². The molecule has 2 heterocycles. The van der Waals surface area contributed by atoms with Crippen LogP contribution in [0.25, 0.3) is 22.4 Å². The van der Waals surface area contributed by atoms with Gasteiger partial charge in [0.05, 0.1) is 5.75 Å². The number of thioether (sulfide) groups is 1. The lowest BCUT2D eigenvalue weighted by Crippen LogP contribution is -2.37. The van der Waals surface area contributed by atoms with Crippen LogP contribution in [-0.2, 0) is 14.1 Å². The maximum Gasteiger partial charge on any atom is 0.332 e. The van der Waals surface area contributed by atoms with Gasteiger partial charge in [0.2, 0.25) is 0 Å². The number of hydrogen-bond acceptors (Lipinski definition) is 6. The molecule has 0 N–H and O–H groups in total. The molecule has 2 aromatic carbocycles. The number of carbonyl (C=O) groups is 1. The van der Waals surface area contributed by atoms with Crippen LogP contribution in [0.1, 0.15) is 10.4 Å². The standard InChI is InChI=1S/C22H16ClFN4O3S/c1-27-19-17(21(30)28(2)22(27)31)20(26-18(25-19)13-5-9-15(24)10-6-13)32-11-16(29)12-3-7-14(23)8-4-12/h3-10H,11H2,1-2H3. The molecule has 0 saturated heterocycles. The highest BCUT2D eigenvalue weighted by Crippen LogP contribution is 2.27. The Bertz CT molecular complexity index is 1460. The topological polar surface area (TPSA) is 86.8 Å².